The number of hydrogen-bond donors (Lipinski definition) is 3. The van der Waals surface area contributed by atoms with Gasteiger partial charge in [-0.1, -0.05) is 30.3 Å². The van der Waals surface area contributed by atoms with Crippen molar-refractivity contribution in [3.05, 3.63) is 35.9 Å². The molecule has 0 aliphatic carbocycles. The van der Waals surface area contributed by atoms with Gasteiger partial charge in [-0.25, -0.2) is 0 Å². The van der Waals surface area contributed by atoms with Gasteiger partial charge >= 0.3 is 0 Å². The Bertz CT molecular complexity index is 697. The van der Waals surface area contributed by atoms with Crippen molar-refractivity contribution >= 4 is 17.7 Å². The first kappa shape index (κ1) is 20.3. The van der Waals surface area contributed by atoms with E-state index in [1.54, 1.807) is 0 Å². The molecule has 3 rings (SSSR count). The number of methoxy groups -OCH3 is 1. The Labute approximate surface area is 165 Å². The molecule has 0 aromatic heterocycles. The van der Waals surface area contributed by atoms with Gasteiger partial charge in [0.2, 0.25) is 17.7 Å². The summed E-state index contributed by atoms with van der Waals surface area (Å²) < 4.78 is 4.85. The smallest absolute Gasteiger partial charge is 0.246 e. The van der Waals surface area contributed by atoms with Crippen molar-refractivity contribution in [2.24, 2.45) is 0 Å². The molecule has 1 aromatic rings. The van der Waals surface area contributed by atoms with Crippen molar-refractivity contribution in [2.45, 2.75) is 43.9 Å². The van der Waals surface area contributed by atoms with E-state index < -0.39 is 0 Å². The number of carbonyl (C=O) groups excluding carboxylic acids is 3. The van der Waals surface area contributed by atoms with E-state index in [4.69, 9.17) is 4.74 Å². The molecule has 3 amide bonds. The molecule has 3 N–H and O–H groups in total. The summed E-state index contributed by atoms with van der Waals surface area (Å²) in [4.78, 5) is 38.3. The van der Waals surface area contributed by atoms with Crippen LogP contribution >= 0.6 is 0 Å². The van der Waals surface area contributed by atoms with Crippen LogP contribution in [0.2, 0.25) is 0 Å². The number of nitrogens with zero attached hydrogens (tertiary/aromatic N) is 1. The Hall–Kier alpha value is -2.45. The number of benzene rings is 1. The Kier molecular flexibility index (Phi) is 7.00. The fourth-order valence-electron chi connectivity index (χ4n) is 3.93. The van der Waals surface area contributed by atoms with Crippen LogP contribution in [-0.4, -0.2) is 67.6 Å². The number of fused-ring (bicyclic) bond motifs is 1. The number of hydrogen-bond acceptors (Lipinski definition) is 5. The molecule has 0 spiro atoms. The summed E-state index contributed by atoms with van der Waals surface area (Å²) in [6.45, 7) is 1.67. The topological polar surface area (TPSA) is 99.8 Å². The van der Waals surface area contributed by atoms with Gasteiger partial charge in [-0.05, 0) is 18.4 Å². The van der Waals surface area contributed by atoms with Crippen LogP contribution in [0.15, 0.2) is 30.3 Å². The number of ether oxygens (including phenoxy) is 1. The molecule has 8 nitrogen and oxygen atoms in total. The first-order valence-electron chi connectivity index (χ1n) is 9.69. The van der Waals surface area contributed by atoms with E-state index >= 15 is 0 Å². The summed E-state index contributed by atoms with van der Waals surface area (Å²) in [5, 5.41) is 8.79. The van der Waals surface area contributed by atoms with Crippen LogP contribution in [0.4, 0.5) is 0 Å². The fraction of sp³-hybridized carbons (Fsp3) is 0.550. The van der Waals surface area contributed by atoms with Crippen molar-refractivity contribution in [2.75, 3.05) is 26.8 Å². The maximum absolute atomic E-state index is 12.2. The number of amides is 3. The third-order valence-corrected chi connectivity index (χ3v) is 5.30. The fourth-order valence-corrected chi connectivity index (χ4v) is 3.93. The summed E-state index contributed by atoms with van der Waals surface area (Å²) in [6, 6.07) is 9.55. The monoisotopic (exact) mass is 388 g/mol. The molecule has 0 bridgehead atoms. The van der Waals surface area contributed by atoms with E-state index in [2.05, 4.69) is 20.9 Å². The molecule has 2 fully saturated rings. The lowest BCUT2D eigenvalue weighted by atomic mass is 10.0. The predicted octanol–water partition coefficient (Wildman–Crippen LogP) is -0.213. The van der Waals surface area contributed by atoms with Gasteiger partial charge in [0.1, 0.15) is 6.61 Å². The zero-order valence-electron chi connectivity index (χ0n) is 16.1. The largest absolute Gasteiger partial charge is 0.375 e. The second-order valence-electron chi connectivity index (χ2n) is 7.35. The molecule has 8 heteroatoms. The molecule has 28 heavy (non-hydrogen) atoms. The first-order chi connectivity index (χ1) is 13.6. The van der Waals surface area contributed by atoms with Crippen molar-refractivity contribution in [1.29, 1.82) is 0 Å². The number of piperazine rings is 1. The van der Waals surface area contributed by atoms with Crippen LogP contribution in [0, 0.1) is 0 Å². The van der Waals surface area contributed by atoms with Crippen LogP contribution < -0.4 is 16.0 Å². The lowest BCUT2D eigenvalue weighted by Gasteiger charge is -2.37. The van der Waals surface area contributed by atoms with Gasteiger partial charge in [0, 0.05) is 45.2 Å². The van der Waals surface area contributed by atoms with Crippen LogP contribution in [0.3, 0.4) is 0 Å². The summed E-state index contributed by atoms with van der Waals surface area (Å²) in [7, 11) is 1.48. The van der Waals surface area contributed by atoms with Crippen molar-refractivity contribution in [1.82, 2.24) is 20.9 Å². The second-order valence-corrected chi connectivity index (χ2v) is 7.35. The van der Waals surface area contributed by atoms with Crippen LogP contribution in [0.5, 0.6) is 0 Å². The van der Waals surface area contributed by atoms with Gasteiger partial charge in [-0.15, -0.1) is 0 Å². The zero-order chi connectivity index (χ0) is 19.9. The molecule has 2 aliphatic rings. The van der Waals surface area contributed by atoms with Gasteiger partial charge in [0.15, 0.2) is 0 Å². The molecule has 2 heterocycles. The zero-order valence-corrected chi connectivity index (χ0v) is 16.1. The number of rotatable bonds is 8. The van der Waals surface area contributed by atoms with Gasteiger partial charge in [0.25, 0.3) is 0 Å². The molecule has 2 saturated heterocycles. The SMILES string of the molecule is COCC(=O)NC1CC2C(=O)NCC(CCC(=O)NCc3ccccc3)N2C1. The summed E-state index contributed by atoms with van der Waals surface area (Å²) in [5.74, 6) is -0.181. The van der Waals surface area contributed by atoms with Crippen LogP contribution in [0.25, 0.3) is 0 Å². The summed E-state index contributed by atoms with van der Waals surface area (Å²) in [5.41, 5.74) is 1.06. The van der Waals surface area contributed by atoms with E-state index in [9.17, 15) is 14.4 Å². The summed E-state index contributed by atoms with van der Waals surface area (Å²) >= 11 is 0. The minimum absolute atomic E-state index is 0.00134. The van der Waals surface area contributed by atoms with E-state index in [0.29, 0.717) is 38.9 Å². The van der Waals surface area contributed by atoms with Gasteiger partial charge in [-0.3, -0.25) is 19.3 Å². The predicted molar refractivity (Wildman–Crippen MR) is 103 cm³/mol. The van der Waals surface area contributed by atoms with E-state index in [1.165, 1.54) is 7.11 Å². The Morgan fingerprint density at radius 3 is 2.79 bits per heavy atom. The van der Waals surface area contributed by atoms with Crippen molar-refractivity contribution < 1.29 is 19.1 Å². The molecular formula is C20H28N4O4. The first-order valence-corrected chi connectivity index (χ1v) is 9.69. The van der Waals surface area contributed by atoms with Crippen LogP contribution in [-0.2, 0) is 25.7 Å². The average molecular weight is 388 g/mol. The average Bonchev–Trinajstić information content (AvgIpc) is 3.11. The maximum atomic E-state index is 12.2. The van der Waals surface area contributed by atoms with E-state index in [1.807, 2.05) is 30.3 Å². The minimum Gasteiger partial charge on any atom is -0.375 e. The highest BCUT2D eigenvalue weighted by molar-refractivity contribution is 5.84. The molecule has 2 aliphatic heterocycles. The Morgan fingerprint density at radius 2 is 2.04 bits per heavy atom. The van der Waals surface area contributed by atoms with Gasteiger partial charge < -0.3 is 20.7 Å². The highest BCUT2D eigenvalue weighted by atomic mass is 16.5. The van der Waals surface area contributed by atoms with Crippen molar-refractivity contribution in [3.8, 4) is 0 Å². The van der Waals surface area contributed by atoms with Gasteiger partial charge in [-0.2, -0.15) is 0 Å². The third kappa shape index (κ3) is 5.30. The molecule has 152 valence electrons. The lowest BCUT2D eigenvalue weighted by molar-refractivity contribution is -0.129. The van der Waals surface area contributed by atoms with Crippen LogP contribution in [0.1, 0.15) is 24.8 Å². The molecule has 0 radical (unpaired) electrons. The maximum Gasteiger partial charge on any atom is 0.246 e. The molecule has 0 saturated carbocycles. The van der Waals surface area contributed by atoms with Crippen molar-refractivity contribution in [3.63, 3.8) is 0 Å². The van der Waals surface area contributed by atoms with E-state index in [0.717, 1.165) is 5.56 Å². The standard InChI is InChI=1S/C20H28N4O4/c1-28-13-19(26)23-15-9-17-20(27)22-11-16(24(17)12-15)7-8-18(25)21-10-14-5-3-2-4-6-14/h2-6,15-17H,7-13H2,1H3,(H,21,25)(H,22,27)(H,23,26). The van der Waals surface area contributed by atoms with Gasteiger partial charge in [0.05, 0.1) is 6.04 Å². The number of carbonyl (C=O) groups is 3. The molecular weight excluding hydrogens is 360 g/mol. The number of nitrogens with one attached hydrogen (secondary N) is 3. The normalized spacial score (nSPS) is 24.3. The minimum atomic E-state index is -0.251. The summed E-state index contributed by atoms with van der Waals surface area (Å²) in [6.07, 6.45) is 1.64. The Balaban J connectivity index is 1.48. The Morgan fingerprint density at radius 1 is 1.25 bits per heavy atom. The highest BCUT2D eigenvalue weighted by Crippen LogP contribution is 2.25. The molecule has 3 atom stereocenters. The van der Waals surface area contributed by atoms with E-state index in [-0.39, 0.29) is 42.5 Å². The molecule has 1 aromatic carbocycles. The third-order valence-electron chi connectivity index (χ3n) is 5.30. The lowest BCUT2D eigenvalue weighted by Crippen LogP contribution is -2.58. The quantitative estimate of drug-likeness (QED) is 0.572. The second kappa shape index (κ2) is 9.66. The molecule has 3 unspecified atom stereocenters. The highest BCUT2D eigenvalue weighted by Gasteiger charge is 2.43.